The number of amides is 2. The van der Waals surface area contributed by atoms with Gasteiger partial charge in [-0.25, -0.2) is 4.39 Å². The minimum atomic E-state index is -0.566. The Hall–Kier alpha value is -2.71. The zero-order valence-corrected chi connectivity index (χ0v) is 15.8. The van der Waals surface area contributed by atoms with Crippen molar-refractivity contribution in [3.05, 3.63) is 47.7 Å². The molecule has 7 nitrogen and oxygen atoms in total. The summed E-state index contributed by atoms with van der Waals surface area (Å²) in [6.45, 7) is 5.41. The molecular weight excluding hydrogens is 365 g/mol. The van der Waals surface area contributed by atoms with E-state index in [4.69, 9.17) is 9.15 Å². The summed E-state index contributed by atoms with van der Waals surface area (Å²) in [7, 11) is 0. The van der Waals surface area contributed by atoms with Crippen LogP contribution in [0.15, 0.2) is 34.7 Å². The van der Waals surface area contributed by atoms with Crippen LogP contribution in [0.25, 0.3) is 0 Å². The second-order valence-electron chi connectivity index (χ2n) is 6.52. The van der Waals surface area contributed by atoms with Crippen LogP contribution < -0.4 is 10.6 Å². The maximum atomic E-state index is 14.1. The van der Waals surface area contributed by atoms with Crippen molar-refractivity contribution in [3.8, 4) is 0 Å². The Morgan fingerprint density at radius 1 is 1.14 bits per heavy atom. The van der Waals surface area contributed by atoms with E-state index in [9.17, 15) is 14.0 Å². The van der Waals surface area contributed by atoms with Gasteiger partial charge in [0.15, 0.2) is 5.76 Å². The van der Waals surface area contributed by atoms with Crippen molar-refractivity contribution in [2.75, 3.05) is 43.5 Å². The summed E-state index contributed by atoms with van der Waals surface area (Å²) in [5, 5.41) is 5.22. The summed E-state index contributed by atoms with van der Waals surface area (Å²) in [5.41, 5.74) is 0.391. The average molecular weight is 389 g/mol. The molecule has 1 fully saturated rings. The number of anilines is 2. The molecule has 1 aromatic heterocycles. The van der Waals surface area contributed by atoms with E-state index < -0.39 is 11.7 Å². The Kier molecular flexibility index (Phi) is 6.78. The zero-order chi connectivity index (χ0) is 19.9. The normalized spacial score (nSPS) is 14.6. The van der Waals surface area contributed by atoms with Crippen molar-refractivity contribution in [2.24, 2.45) is 0 Å². The Labute approximate surface area is 162 Å². The van der Waals surface area contributed by atoms with Gasteiger partial charge >= 0.3 is 0 Å². The van der Waals surface area contributed by atoms with Crippen molar-refractivity contribution in [3.63, 3.8) is 0 Å². The molecule has 2 N–H and O–H groups in total. The van der Waals surface area contributed by atoms with Crippen molar-refractivity contribution >= 4 is 23.2 Å². The Bertz CT molecular complexity index is 831. The number of hydrogen-bond acceptors (Lipinski definition) is 5. The number of ether oxygens (including phenoxy) is 1. The molecule has 3 rings (SSSR count). The van der Waals surface area contributed by atoms with Crippen molar-refractivity contribution < 1.29 is 23.1 Å². The number of halogens is 1. The number of nitrogens with zero attached hydrogens (tertiary/aromatic N) is 1. The lowest BCUT2D eigenvalue weighted by Gasteiger charge is -2.26. The Morgan fingerprint density at radius 3 is 2.64 bits per heavy atom. The lowest BCUT2D eigenvalue weighted by molar-refractivity contribution is -0.116. The summed E-state index contributed by atoms with van der Waals surface area (Å²) in [6, 6.07) is 7.35. The van der Waals surface area contributed by atoms with Gasteiger partial charge in [-0.15, -0.1) is 0 Å². The number of carbonyl (C=O) groups is 2. The number of rotatable bonds is 7. The molecule has 2 heterocycles. The van der Waals surface area contributed by atoms with E-state index in [1.807, 2.05) is 6.92 Å². The molecule has 0 spiro atoms. The van der Waals surface area contributed by atoms with Gasteiger partial charge < -0.3 is 19.8 Å². The van der Waals surface area contributed by atoms with Gasteiger partial charge in [-0.2, -0.15) is 0 Å². The van der Waals surface area contributed by atoms with Crippen LogP contribution in [0.5, 0.6) is 0 Å². The van der Waals surface area contributed by atoms with E-state index in [0.717, 1.165) is 13.1 Å². The van der Waals surface area contributed by atoms with Gasteiger partial charge in [0.2, 0.25) is 5.91 Å². The highest BCUT2D eigenvalue weighted by Gasteiger charge is 2.15. The number of nitrogens with one attached hydrogen (secondary N) is 2. The van der Waals surface area contributed by atoms with E-state index in [1.54, 1.807) is 12.1 Å². The molecule has 28 heavy (non-hydrogen) atoms. The smallest absolute Gasteiger partial charge is 0.291 e. The third kappa shape index (κ3) is 5.40. The monoisotopic (exact) mass is 389 g/mol. The van der Waals surface area contributed by atoms with Gasteiger partial charge in [0, 0.05) is 38.2 Å². The summed E-state index contributed by atoms with van der Waals surface area (Å²) in [6.07, 6.45) is 0.937. The predicted octanol–water partition coefficient (Wildman–Crippen LogP) is 2.89. The quantitative estimate of drug-likeness (QED) is 0.761. The van der Waals surface area contributed by atoms with Gasteiger partial charge in [-0.3, -0.25) is 14.5 Å². The van der Waals surface area contributed by atoms with Crippen LogP contribution in [-0.4, -0.2) is 49.6 Å². The minimum Gasteiger partial charge on any atom is -0.456 e. The lowest BCUT2D eigenvalue weighted by Crippen LogP contribution is -2.38. The fourth-order valence-electron chi connectivity index (χ4n) is 2.88. The fourth-order valence-corrected chi connectivity index (χ4v) is 2.88. The third-order valence-corrected chi connectivity index (χ3v) is 4.49. The molecule has 0 bridgehead atoms. The average Bonchev–Trinajstić information content (AvgIpc) is 3.19. The van der Waals surface area contributed by atoms with Crippen molar-refractivity contribution in [1.29, 1.82) is 0 Å². The number of aryl methyl sites for hydroxylation is 1. The molecule has 0 unspecified atom stereocenters. The highest BCUT2D eigenvalue weighted by molar-refractivity contribution is 6.02. The van der Waals surface area contributed by atoms with Crippen molar-refractivity contribution in [1.82, 2.24) is 4.90 Å². The van der Waals surface area contributed by atoms with E-state index in [-0.39, 0.29) is 23.8 Å². The molecular formula is C20H24FN3O4. The second kappa shape index (κ2) is 9.48. The lowest BCUT2D eigenvalue weighted by atomic mass is 10.2. The number of benzene rings is 1. The molecule has 1 aliphatic heterocycles. The molecule has 1 aliphatic rings. The summed E-state index contributed by atoms with van der Waals surface area (Å²) in [5.74, 6) is -0.401. The maximum absolute atomic E-state index is 14.1. The van der Waals surface area contributed by atoms with E-state index in [2.05, 4.69) is 15.5 Å². The largest absolute Gasteiger partial charge is 0.456 e. The summed E-state index contributed by atoms with van der Waals surface area (Å²) < 4.78 is 24.7. The minimum absolute atomic E-state index is 0.0264. The molecule has 1 aromatic carbocycles. The van der Waals surface area contributed by atoms with E-state index in [0.29, 0.717) is 37.6 Å². The van der Waals surface area contributed by atoms with E-state index in [1.165, 1.54) is 18.2 Å². The first kappa shape index (κ1) is 20.0. The standard InChI is InChI=1S/C20H24FN3O4/c1-2-15-4-6-18(28-15)20(26)22-14-3-5-16(21)17(13-14)23-19(25)7-8-24-9-11-27-12-10-24/h3-6,13H,2,7-12H2,1H3,(H,22,26)(H,23,25). The van der Waals surface area contributed by atoms with Crippen LogP contribution in [-0.2, 0) is 16.0 Å². The molecule has 0 aliphatic carbocycles. The van der Waals surface area contributed by atoms with Crippen LogP contribution >= 0.6 is 0 Å². The number of carbonyl (C=O) groups excluding carboxylic acids is 2. The van der Waals surface area contributed by atoms with Crippen LogP contribution in [0, 0.1) is 5.82 Å². The van der Waals surface area contributed by atoms with Crippen LogP contribution in [0.1, 0.15) is 29.7 Å². The van der Waals surface area contributed by atoms with E-state index >= 15 is 0 Å². The van der Waals surface area contributed by atoms with Crippen LogP contribution in [0.2, 0.25) is 0 Å². The molecule has 0 radical (unpaired) electrons. The Morgan fingerprint density at radius 2 is 1.93 bits per heavy atom. The molecule has 2 aromatic rings. The molecule has 0 atom stereocenters. The van der Waals surface area contributed by atoms with Gasteiger partial charge in [0.05, 0.1) is 18.9 Å². The van der Waals surface area contributed by atoms with Gasteiger partial charge in [-0.05, 0) is 30.3 Å². The summed E-state index contributed by atoms with van der Waals surface area (Å²) >= 11 is 0. The fraction of sp³-hybridized carbons (Fsp3) is 0.400. The molecule has 1 saturated heterocycles. The molecule has 8 heteroatoms. The van der Waals surface area contributed by atoms with Gasteiger partial charge in [-0.1, -0.05) is 6.92 Å². The first-order chi connectivity index (χ1) is 13.5. The third-order valence-electron chi connectivity index (χ3n) is 4.49. The molecule has 0 saturated carbocycles. The van der Waals surface area contributed by atoms with Gasteiger partial charge in [0.25, 0.3) is 5.91 Å². The Balaban J connectivity index is 1.57. The highest BCUT2D eigenvalue weighted by Crippen LogP contribution is 2.21. The maximum Gasteiger partial charge on any atom is 0.291 e. The number of furan rings is 1. The zero-order valence-electron chi connectivity index (χ0n) is 15.8. The van der Waals surface area contributed by atoms with Crippen molar-refractivity contribution in [2.45, 2.75) is 19.8 Å². The molecule has 150 valence electrons. The van der Waals surface area contributed by atoms with Crippen LogP contribution in [0.4, 0.5) is 15.8 Å². The van der Waals surface area contributed by atoms with Crippen LogP contribution in [0.3, 0.4) is 0 Å². The first-order valence-electron chi connectivity index (χ1n) is 9.34. The summed E-state index contributed by atoms with van der Waals surface area (Å²) in [4.78, 5) is 26.5. The number of morpholine rings is 1. The number of hydrogen-bond donors (Lipinski definition) is 2. The SMILES string of the molecule is CCc1ccc(C(=O)Nc2ccc(F)c(NC(=O)CCN3CCOCC3)c2)o1. The topological polar surface area (TPSA) is 83.8 Å². The second-order valence-corrected chi connectivity index (χ2v) is 6.52. The molecule has 2 amide bonds. The predicted molar refractivity (Wildman–Crippen MR) is 103 cm³/mol. The highest BCUT2D eigenvalue weighted by atomic mass is 19.1. The van der Waals surface area contributed by atoms with Gasteiger partial charge in [0.1, 0.15) is 11.6 Å². The first-order valence-corrected chi connectivity index (χ1v) is 9.34.